The number of benzene rings is 2. The molecule has 0 bridgehead atoms. The minimum Gasteiger partial charge on any atom is -0.466 e. The highest BCUT2D eigenvalue weighted by atomic mass is 16.5. The number of aliphatic hydroxyl groups is 1. The van der Waals surface area contributed by atoms with E-state index in [1.165, 1.54) is 0 Å². The van der Waals surface area contributed by atoms with Crippen molar-refractivity contribution in [2.24, 2.45) is 0 Å². The van der Waals surface area contributed by atoms with Crippen molar-refractivity contribution in [2.75, 3.05) is 6.61 Å². The SMILES string of the molecule is CCOC(=O)CCC(O)c1ccc(-c2ccccc2)cc1. The maximum atomic E-state index is 11.3. The van der Waals surface area contributed by atoms with Gasteiger partial charge >= 0.3 is 5.97 Å². The Balaban J connectivity index is 1.97. The predicted octanol–water partition coefficient (Wildman–Crippen LogP) is 3.73. The number of hydrogen-bond donors (Lipinski definition) is 1. The maximum Gasteiger partial charge on any atom is 0.305 e. The van der Waals surface area contributed by atoms with Gasteiger partial charge in [0.25, 0.3) is 0 Å². The third kappa shape index (κ3) is 4.43. The highest BCUT2D eigenvalue weighted by Crippen LogP contribution is 2.23. The summed E-state index contributed by atoms with van der Waals surface area (Å²) in [7, 11) is 0. The fourth-order valence-electron chi connectivity index (χ4n) is 2.18. The van der Waals surface area contributed by atoms with E-state index in [4.69, 9.17) is 4.74 Å². The van der Waals surface area contributed by atoms with Crippen LogP contribution in [0.2, 0.25) is 0 Å². The molecule has 0 saturated carbocycles. The Labute approximate surface area is 125 Å². The number of rotatable bonds is 6. The quantitative estimate of drug-likeness (QED) is 0.822. The Kier molecular flexibility index (Phi) is 5.52. The second-order valence-corrected chi connectivity index (χ2v) is 4.85. The molecule has 0 spiro atoms. The summed E-state index contributed by atoms with van der Waals surface area (Å²) in [4.78, 5) is 11.3. The van der Waals surface area contributed by atoms with Gasteiger partial charge in [-0.05, 0) is 30.0 Å². The smallest absolute Gasteiger partial charge is 0.305 e. The zero-order chi connectivity index (χ0) is 15.1. The first kappa shape index (κ1) is 15.3. The minimum atomic E-state index is -0.640. The first-order chi connectivity index (χ1) is 10.2. The molecule has 0 heterocycles. The molecule has 2 aromatic carbocycles. The summed E-state index contributed by atoms with van der Waals surface area (Å²) in [5.41, 5.74) is 3.07. The van der Waals surface area contributed by atoms with Crippen LogP contribution in [0.15, 0.2) is 54.6 Å². The highest BCUT2D eigenvalue weighted by molar-refractivity contribution is 5.69. The second-order valence-electron chi connectivity index (χ2n) is 4.85. The van der Waals surface area contributed by atoms with Crippen LogP contribution in [0.25, 0.3) is 11.1 Å². The van der Waals surface area contributed by atoms with Gasteiger partial charge in [0, 0.05) is 6.42 Å². The van der Waals surface area contributed by atoms with Crippen molar-refractivity contribution in [3.05, 3.63) is 60.2 Å². The van der Waals surface area contributed by atoms with E-state index in [2.05, 4.69) is 0 Å². The Morgan fingerprint density at radius 1 is 1.05 bits per heavy atom. The number of esters is 1. The third-order valence-electron chi connectivity index (χ3n) is 3.33. The summed E-state index contributed by atoms with van der Waals surface area (Å²) < 4.78 is 4.86. The molecule has 3 nitrogen and oxygen atoms in total. The standard InChI is InChI=1S/C18H20O3/c1-2-21-18(20)13-12-17(19)16-10-8-15(9-11-16)14-6-4-3-5-7-14/h3-11,17,19H,2,12-13H2,1H3. The molecule has 0 fully saturated rings. The zero-order valence-corrected chi connectivity index (χ0v) is 12.2. The van der Waals surface area contributed by atoms with E-state index in [0.717, 1.165) is 16.7 Å². The maximum absolute atomic E-state index is 11.3. The van der Waals surface area contributed by atoms with Gasteiger partial charge in [-0.1, -0.05) is 54.6 Å². The number of aliphatic hydroxyl groups excluding tert-OH is 1. The molecule has 1 atom stereocenters. The average molecular weight is 284 g/mol. The molecular formula is C18H20O3. The van der Waals surface area contributed by atoms with Crippen molar-refractivity contribution in [3.63, 3.8) is 0 Å². The van der Waals surface area contributed by atoms with Crippen LogP contribution >= 0.6 is 0 Å². The van der Waals surface area contributed by atoms with Crippen LogP contribution in [0.1, 0.15) is 31.4 Å². The number of hydrogen-bond acceptors (Lipinski definition) is 3. The summed E-state index contributed by atoms with van der Waals surface area (Å²) >= 11 is 0. The van der Waals surface area contributed by atoms with Gasteiger partial charge in [-0.25, -0.2) is 0 Å². The molecule has 0 aliphatic heterocycles. The Hall–Kier alpha value is -2.13. The summed E-state index contributed by atoms with van der Waals surface area (Å²) in [6.07, 6.45) is -0.0295. The van der Waals surface area contributed by atoms with Gasteiger partial charge in [0.05, 0.1) is 12.7 Å². The molecule has 1 unspecified atom stereocenters. The summed E-state index contributed by atoms with van der Waals surface area (Å²) in [6.45, 7) is 2.15. The van der Waals surface area contributed by atoms with E-state index in [0.29, 0.717) is 13.0 Å². The van der Waals surface area contributed by atoms with Gasteiger partial charge in [-0.3, -0.25) is 4.79 Å². The normalized spacial score (nSPS) is 11.9. The van der Waals surface area contributed by atoms with E-state index in [1.807, 2.05) is 54.6 Å². The monoisotopic (exact) mass is 284 g/mol. The van der Waals surface area contributed by atoms with Crippen LogP contribution in [-0.4, -0.2) is 17.7 Å². The summed E-state index contributed by atoms with van der Waals surface area (Å²) in [5.74, 6) is -0.266. The van der Waals surface area contributed by atoms with Crippen LogP contribution in [0.5, 0.6) is 0 Å². The second kappa shape index (κ2) is 7.60. The predicted molar refractivity (Wildman–Crippen MR) is 82.7 cm³/mol. The number of ether oxygens (including phenoxy) is 1. The van der Waals surface area contributed by atoms with Crippen molar-refractivity contribution in [3.8, 4) is 11.1 Å². The largest absolute Gasteiger partial charge is 0.466 e. The molecule has 3 heteroatoms. The summed E-state index contributed by atoms with van der Waals surface area (Å²) in [5, 5.41) is 10.1. The van der Waals surface area contributed by atoms with E-state index < -0.39 is 6.10 Å². The molecule has 0 saturated heterocycles. The van der Waals surface area contributed by atoms with Crippen LogP contribution < -0.4 is 0 Å². The van der Waals surface area contributed by atoms with Crippen molar-refractivity contribution >= 4 is 5.97 Å². The van der Waals surface area contributed by atoms with Gasteiger partial charge in [0.2, 0.25) is 0 Å². The Bertz CT molecular complexity index is 561. The van der Waals surface area contributed by atoms with Crippen LogP contribution in [0.4, 0.5) is 0 Å². The van der Waals surface area contributed by atoms with E-state index in [-0.39, 0.29) is 12.4 Å². The lowest BCUT2D eigenvalue weighted by molar-refractivity contribution is -0.143. The molecule has 0 aromatic heterocycles. The molecule has 21 heavy (non-hydrogen) atoms. The fraction of sp³-hybridized carbons (Fsp3) is 0.278. The zero-order valence-electron chi connectivity index (χ0n) is 12.2. The fourth-order valence-corrected chi connectivity index (χ4v) is 2.18. The first-order valence-electron chi connectivity index (χ1n) is 7.19. The van der Waals surface area contributed by atoms with Crippen LogP contribution in [0, 0.1) is 0 Å². The van der Waals surface area contributed by atoms with Gasteiger partial charge in [-0.2, -0.15) is 0 Å². The first-order valence-corrected chi connectivity index (χ1v) is 7.19. The third-order valence-corrected chi connectivity index (χ3v) is 3.33. The Morgan fingerprint density at radius 3 is 2.29 bits per heavy atom. The molecule has 0 aliphatic carbocycles. The van der Waals surface area contributed by atoms with Gasteiger partial charge in [0.15, 0.2) is 0 Å². The van der Waals surface area contributed by atoms with Crippen LogP contribution in [0.3, 0.4) is 0 Å². The van der Waals surface area contributed by atoms with Crippen molar-refractivity contribution in [2.45, 2.75) is 25.9 Å². The molecule has 0 aliphatic rings. The average Bonchev–Trinajstić information content (AvgIpc) is 2.54. The molecule has 110 valence electrons. The lowest BCUT2D eigenvalue weighted by Gasteiger charge is -2.11. The minimum absolute atomic E-state index is 0.232. The van der Waals surface area contributed by atoms with Crippen molar-refractivity contribution < 1.29 is 14.6 Å². The molecule has 0 radical (unpaired) electrons. The van der Waals surface area contributed by atoms with E-state index in [9.17, 15) is 9.90 Å². The van der Waals surface area contributed by atoms with E-state index >= 15 is 0 Å². The molecule has 2 rings (SSSR count). The van der Waals surface area contributed by atoms with Gasteiger partial charge < -0.3 is 9.84 Å². The van der Waals surface area contributed by atoms with Crippen molar-refractivity contribution in [1.82, 2.24) is 0 Å². The molecule has 2 aromatic rings. The molecule has 1 N–H and O–H groups in total. The lowest BCUT2D eigenvalue weighted by Crippen LogP contribution is -2.07. The Morgan fingerprint density at radius 2 is 1.67 bits per heavy atom. The topological polar surface area (TPSA) is 46.5 Å². The highest BCUT2D eigenvalue weighted by Gasteiger charge is 2.11. The lowest BCUT2D eigenvalue weighted by atomic mass is 10.00. The van der Waals surface area contributed by atoms with Gasteiger partial charge in [-0.15, -0.1) is 0 Å². The van der Waals surface area contributed by atoms with E-state index in [1.54, 1.807) is 6.92 Å². The van der Waals surface area contributed by atoms with Crippen LogP contribution in [-0.2, 0) is 9.53 Å². The molecular weight excluding hydrogens is 264 g/mol. The van der Waals surface area contributed by atoms with Crippen molar-refractivity contribution in [1.29, 1.82) is 0 Å². The summed E-state index contributed by atoms with van der Waals surface area (Å²) in [6, 6.07) is 17.8. The molecule has 0 amide bonds. The number of carbonyl (C=O) groups excluding carboxylic acids is 1. The number of carbonyl (C=O) groups is 1. The van der Waals surface area contributed by atoms with Gasteiger partial charge in [0.1, 0.15) is 0 Å².